The molecular weight excluding hydrogens is 274 g/mol. The Morgan fingerprint density at radius 1 is 1.14 bits per heavy atom. The van der Waals surface area contributed by atoms with E-state index in [0.29, 0.717) is 19.1 Å². The zero-order chi connectivity index (χ0) is 15.6. The molecule has 1 heterocycles. The molecule has 2 rings (SSSR count). The average molecular weight is 297 g/mol. The number of rotatable bonds is 4. The first-order valence-corrected chi connectivity index (χ1v) is 7.36. The SMILES string of the molecule is CC(C)(CC(=O)NC(=O)N1CCN(C2CC2)CC1)C(=O)O. The number of hydrogen-bond acceptors (Lipinski definition) is 4. The first-order valence-electron chi connectivity index (χ1n) is 7.36. The van der Waals surface area contributed by atoms with Crippen LogP contribution in [0.1, 0.15) is 33.1 Å². The van der Waals surface area contributed by atoms with Gasteiger partial charge in [0.2, 0.25) is 5.91 Å². The molecule has 2 N–H and O–H groups in total. The molecule has 2 aliphatic rings. The predicted molar refractivity (Wildman–Crippen MR) is 75.7 cm³/mol. The van der Waals surface area contributed by atoms with Crippen molar-refractivity contribution in [2.45, 2.75) is 39.2 Å². The fourth-order valence-corrected chi connectivity index (χ4v) is 2.45. The molecule has 0 atom stereocenters. The van der Waals surface area contributed by atoms with Crippen LogP contribution in [0, 0.1) is 5.41 Å². The molecule has 3 amide bonds. The molecule has 2 fully saturated rings. The van der Waals surface area contributed by atoms with E-state index in [1.54, 1.807) is 4.90 Å². The van der Waals surface area contributed by atoms with Crippen LogP contribution in [0.4, 0.5) is 4.79 Å². The number of nitrogens with zero attached hydrogens (tertiary/aromatic N) is 2. The smallest absolute Gasteiger partial charge is 0.324 e. The van der Waals surface area contributed by atoms with E-state index in [0.717, 1.165) is 13.1 Å². The van der Waals surface area contributed by atoms with Gasteiger partial charge in [0.15, 0.2) is 0 Å². The Morgan fingerprint density at radius 3 is 2.19 bits per heavy atom. The van der Waals surface area contributed by atoms with Crippen molar-refractivity contribution in [1.29, 1.82) is 0 Å². The standard InChI is InChI=1S/C14H23N3O4/c1-14(2,12(19)20)9-11(18)15-13(21)17-7-5-16(6-8-17)10-3-4-10/h10H,3-9H2,1-2H3,(H,19,20)(H,15,18,21). The molecule has 7 heteroatoms. The first kappa shape index (κ1) is 15.8. The summed E-state index contributed by atoms with van der Waals surface area (Å²) < 4.78 is 0. The minimum atomic E-state index is -1.17. The van der Waals surface area contributed by atoms with Gasteiger partial charge >= 0.3 is 12.0 Å². The second kappa shape index (κ2) is 6.01. The zero-order valence-corrected chi connectivity index (χ0v) is 12.6. The number of imide groups is 1. The van der Waals surface area contributed by atoms with Crippen molar-refractivity contribution >= 4 is 17.9 Å². The minimum absolute atomic E-state index is 0.212. The van der Waals surface area contributed by atoms with E-state index in [1.165, 1.54) is 26.7 Å². The summed E-state index contributed by atoms with van der Waals surface area (Å²) in [6.45, 7) is 5.83. The lowest BCUT2D eigenvalue weighted by molar-refractivity contribution is -0.149. The quantitative estimate of drug-likeness (QED) is 0.789. The number of carboxylic acids is 1. The molecule has 1 aliphatic carbocycles. The van der Waals surface area contributed by atoms with E-state index < -0.39 is 23.3 Å². The van der Waals surface area contributed by atoms with E-state index in [9.17, 15) is 14.4 Å². The van der Waals surface area contributed by atoms with Crippen LogP contribution in [0.5, 0.6) is 0 Å². The van der Waals surface area contributed by atoms with Crippen LogP contribution in [0.25, 0.3) is 0 Å². The lowest BCUT2D eigenvalue weighted by atomic mass is 9.89. The Hall–Kier alpha value is -1.63. The normalized spacial score (nSPS) is 20.2. The van der Waals surface area contributed by atoms with Gasteiger partial charge in [0, 0.05) is 38.6 Å². The van der Waals surface area contributed by atoms with Gasteiger partial charge in [-0.15, -0.1) is 0 Å². The molecule has 0 aromatic rings. The molecule has 118 valence electrons. The van der Waals surface area contributed by atoms with Crippen LogP contribution < -0.4 is 5.32 Å². The molecule has 0 spiro atoms. The molecule has 1 aliphatic heterocycles. The summed E-state index contributed by atoms with van der Waals surface area (Å²) >= 11 is 0. The van der Waals surface area contributed by atoms with Crippen LogP contribution in [-0.4, -0.2) is 65.0 Å². The maximum Gasteiger partial charge on any atom is 0.324 e. The summed E-state index contributed by atoms with van der Waals surface area (Å²) in [7, 11) is 0. The van der Waals surface area contributed by atoms with Gasteiger partial charge in [0.25, 0.3) is 0 Å². The number of hydrogen-bond donors (Lipinski definition) is 2. The van der Waals surface area contributed by atoms with Crippen LogP contribution in [0.2, 0.25) is 0 Å². The van der Waals surface area contributed by atoms with Crippen molar-refractivity contribution in [1.82, 2.24) is 15.1 Å². The molecule has 0 bridgehead atoms. The van der Waals surface area contributed by atoms with E-state index in [1.807, 2.05) is 0 Å². The lowest BCUT2D eigenvalue weighted by Gasteiger charge is -2.34. The van der Waals surface area contributed by atoms with Crippen LogP contribution >= 0.6 is 0 Å². The predicted octanol–water partition coefficient (Wildman–Crippen LogP) is 0.504. The number of carboxylic acid groups (broad SMARTS) is 1. The van der Waals surface area contributed by atoms with Gasteiger partial charge in [-0.25, -0.2) is 4.79 Å². The van der Waals surface area contributed by atoms with Crippen LogP contribution in [0.3, 0.4) is 0 Å². The molecule has 0 aromatic heterocycles. The summed E-state index contributed by atoms with van der Waals surface area (Å²) in [5, 5.41) is 11.3. The number of aliphatic carboxylic acids is 1. The van der Waals surface area contributed by atoms with Crippen molar-refractivity contribution in [2.24, 2.45) is 5.41 Å². The Bertz CT molecular complexity index is 438. The topological polar surface area (TPSA) is 90.0 Å². The fourth-order valence-electron chi connectivity index (χ4n) is 2.45. The van der Waals surface area contributed by atoms with Crippen molar-refractivity contribution in [2.75, 3.05) is 26.2 Å². The highest BCUT2D eigenvalue weighted by Gasteiger charge is 2.34. The summed E-state index contributed by atoms with van der Waals surface area (Å²) in [5.41, 5.74) is -1.17. The van der Waals surface area contributed by atoms with Gasteiger partial charge in [-0.1, -0.05) is 0 Å². The maximum atomic E-state index is 12.0. The number of amides is 3. The second-order valence-corrected chi connectivity index (χ2v) is 6.47. The molecule has 7 nitrogen and oxygen atoms in total. The summed E-state index contributed by atoms with van der Waals surface area (Å²) in [6.07, 6.45) is 2.28. The summed E-state index contributed by atoms with van der Waals surface area (Å²) in [6, 6.07) is 0.268. The highest BCUT2D eigenvalue weighted by molar-refractivity contribution is 5.96. The number of nitrogens with one attached hydrogen (secondary N) is 1. The minimum Gasteiger partial charge on any atom is -0.481 e. The maximum absolute atomic E-state index is 12.0. The first-order chi connectivity index (χ1) is 9.79. The van der Waals surface area contributed by atoms with Gasteiger partial charge < -0.3 is 10.0 Å². The van der Waals surface area contributed by atoms with Gasteiger partial charge in [-0.05, 0) is 26.7 Å². The molecule has 0 aromatic carbocycles. The largest absolute Gasteiger partial charge is 0.481 e. The Balaban J connectivity index is 1.76. The Morgan fingerprint density at radius 2 is 1.71 bits per heavy atom. The number of carbonyl (C=O) groups is 3. The van der Waals surface area contributed by atoms with Crippen molar-refractivity contribution in [3.63, 3.8) is 0 Å². The van der Waals surface area contributed by atoms with Crippen LogP contribution in [-0.2, 0) is 9.59 Å². The molecule has 1 saturated carbocycles. The molecule has 0 unspecified atom stereocenters. The molecule has 0 radical (unpaired) electrons. The van der Waals surface area contributed by atoms with E-state index in [4.69, 9.17) is 5.11 Å². The highest BCUT2D eigenvalue weighted by atomic mass is 16.4. The molecular formula is C14H23N3O4. The average Bonchev–Trinajstić information content (AvgIpc) is 3.22. The Labute approximate surface area is 124 Å². The van der Waals surface area contributed by atoms with Crippen molar-refractivity contribution in [3.05, 3.63) is 0 Å². The molecule has 21 heavy (non-hydrogen) atoms. The van der Waals surface area contributed by atoms with Crippen LogP contribution in [0.15, 0.2) is 0 Å². The number of urea groups is 1. The number of piperazine rings is 1. The van der Waals surface area contributed by atoms with Gasteiger partial charge in [0.1, 0.15) is 0 Å². The summed E-state index contributed by atoms with van der Waals surface area (Å²) in [5.74, 6) is -1.60. The van der Waals surface area contributed by atoms with E-state index in [-0.39, 0.29) is 6.42 Å². The Kier molecular flexibility index (Phi) is 4.51. The monoisotopic (exact) mass is 297 g/mol. The van der Waals surface area contributed by atoms with E-state index >= 15 is 0 Å². The van der Waals surface area contributed by atoms with Crippen molar-refractivity contribution in [3.8, 4) is 0 Å². The lowest BCUT2D eigenvalue weighted by Crippen LogP contribution is -2.53. The van der Waals surface area contributed by atoms with E-state index in [2.05, 4.69) is 10.2 Å². The third-order valence-electron chi connectivity index (χ3n) is 4.09. The van der Waals surface area contributed by atoms with Gasteiger partial charge in [-0.2, -0.15) is 0 Å². The highest BCUT2D eigenvalue weighted by Crippen LogP contribution is 2.27. The number of carbonyl (C=O) groups excluding carboxylic acids is 2. The van der Waals surface area contributed by atoms with Gasteiger partial charge in [-0.3, -0.25) is 19.8 Å². The zero-order valence-electron chi connectivity index (χ0n) is 12.6. The fraction of sp³-hybridized carbons (Fsp3) is 0.786. The summed E-state index contributed by atoms with van der Waals surface area (Å²) in [4.78, 5) is 38.7. The third kappa shape index (κ3) is 4.17. The van der Waals surface area contributed by atoms with Crippen molar-refractivity contribution < 1.29 is 19.5 Å². The molecule has 1 saturated heterocycles. The third-order valence-corrected chi connectivity index (χ3v) is 4.09. The second-order valence-electron chi connectivity index (χ2n) is 6.47. The van der Waals surface area contributed by atoms with Gasteiger partial charge in [0.05, 0.1) is 5.41 Å².